The normalized spacial score (nSPS) is 18.7. The number of urea groups is 2. The van der Waals surface area contributed by atoms with Crippen molar-refractivity contribution in [3.63, 3.8) is 0 Å². The fraction of sp³-hybridized carbons (Fsp3) is 0.323. The van der Waals surface area contributed by atoms with Gasteiger partial charge in [-0.1, -0.05) is 47.5 Å². The van der Waals surface area contributed by atoms with Crippen LogP contribution in [0.4, 0.5) is 9.59 Å². The van der Waals surface area contributed by atoms with E-state index in [-0.39, 0.29) is 12.1 Å². The van der Waals surface area contributed by atoms with Crippen LogP contribution in [-0.2, 0) is 0 Å². The predicted octanol–water partition coefficient (Wildman–Crippen LogP) is 6.15. The van der Waals surface area contributed by atoms with Crippen LogP contribution in [0.2, 0.25) is 10.0 Å². The fourth-order valence-corrected chi connectivity index (χ4v) is 5.54. The third-order valence-corrected chi connectivity index (χ3v) is 7.85. The highest BCUT2D eigenvalue weighted by molar-refractivity contribution is 6.30. The first-order valence-electron chi connectivity index (χ1n) is 13.7. The number of hydrogen-bond acceptors (Lipinski definition) is 5. The van der Waals surface area contributed by atoms with Gasteiger partial charge in [0.2, 0.25) is 0 Å². The Labute approximate surface area is 255 Å². The van der Waals surface area contributed by atoms with Crippen molar-refractivity contribution >= 4 is 41.1 Å². The maximum absolute atomic E-state index is 14.5. The summed E-state index contributed by atoms with van der Waals surface area (Å²) in [6, 6.07) is 18.7. The van der Waals surface area contributed by atoms with Gasteiger partial charge in [-0.15, -0.1) is 0 Å². The summed E-state index contributed by atoms with van der Waals surface area (Å²) in [7, 11) is 1.59. The molecule has 1 saturated heterocycles. The van der Waals surface area contributed by atoms with Gasteiger partial charge in [-0.2, -0.15) is 0 Å². The molecule has 1 fully saturated rings. The van der Waals surface area contributed by atoms with Crippen molar-refractivity contribution in [3.8, 4) is 11.5 Å². The summed E-state index contributed by atoms with van der Waals surface area (Å²) in [6.45, 7) is 5.24. The average Bonchev–Trinajstić information content (AvgIpc) is 3.37. The second kappa shape index (κ2) is 12.5. The largest absolute Gasteiger partial charge is 0.497 e. The maximum Gasteiger partial charge on any atom is 0.326 e. The summed E-state index contributed by atoms with van der Waals surface area (Å²) in [5.74, 6) is 1.64. The van der Waals surface area contributed by atoms with Gasteiger partial charge in [-0.05, 0) is 61.4 Å². The lowest BCUT2D eigenvalue weighted by Crippen LogP contribution is -2.56. The van der Waals surface area contributed by atoms with Crippen molar-refractivity contribution in [2.75, 3.05) is 33.3 Å². The molecule has 220 valence electrons. The van der Waals surface area contributed by atoms with E-state index in [0.29, 0.717) is 59.1 Å². The molecule has 2 heterocycles. The van der Waals surface area contributed by atoms with E-state index in [1.165, 1.54) is 4.90 Å². The molecule has 42 heavy (non-hydrogen) atoms. The van der Waals surface area contributed by atoms with E-state index in [1.807, 2.05) is 74.5 Å². The Kier molecular flexibility index (Phi) is 8.80. The minimum absolute atomic E-state index is 0.136. The number of rotatable bonds is 6. The standard InChI is InChI=1S/C31H33Cl2N5O4/c1-19(2)42-26-18-24(41-3)12-13-25(26)29-35-27(20-4-8-22(32)9-5-20)28(21-6-10-23(33)11-7-21)38(29)31(40)37-16-14-36(15-17-37)30(34)39/h4-13,18-19,27-28H,14-17H2,1-3H3,(H2,34,39). The van der Waals surface area contributed by atoms with E-state index in [2.05, 4.69) is 0 Å². The Morgan fingerprint density at radius 3 is 2.00 bits per heavy atom. The van der Waals surface area contributed by atoms with Crippen molar-refractivity contribution in [1.82, 2.24) is 14.7 Å². The summed E-state index contributed by atoms with van der Waals surface area (Å²) in [5.41, 5.74) is 7.92. The second-order valence-corrected chi connectivity index (χ2v) is 11.3. The molecule has 3 aromatic rings. The summed E-state index contributed by atoms with van der Waals surface area (Å²) in [5, 5.41) is 1.19. The molecule has 5 rings (SSSR count). The number of methoxy groups -OCH3 is 1. The first-order chi connectivity index (χ1) is 20.2. The zero-order valence-corrected chi connectivity index (χ0v) is 25.2. The van der Waals surface area contributed by atoms with Crippen LogP contribution in [0.25, 0.3) is 0 Å². The van der Waals surface area contributed by atoms with Crippen molar-refractivity contribution in [3.05, 3.63) is 93.5 Å². The van der Waals surface area contributed by atoms with Gasteiger partial charge in [0, 0.05) is 42.3 Å². The maximum atomic E-state index is 14.5. The van der Waals surface area contributed by atoms with Crippen LogP contribution >= 0.6 is 23.2 Å². The highest BCUT2D eigenvalue weighted by Crippen LogP contribution is 2.46. The number of aliphatic imine (C=N–C) groups is 1. The minimum atomic E-state index is -0.505. The zero-order chi connectivity index (χ0) is 30.0. The van der Waals surface area contributed by atoms with E-state index in [1.54, 1.807) is 23.0 Å². The molecule has 0 aliphatic carbocycles. The number of halogens is 2. The second-order valence-electron chi connectivity index (χ2n) is 10.4. The predicted molar refractivity (Wildman–Crippen MR) is 164 cm³/mol. The first-order valence-corrected chi connectivity index (χ1v) is 14.5. The number of primary amides is 1. The molecule has 3 aromatic carbocycles. The van der Waals surface area contributed by atoms with E-state index in [4.69, 9.17) is 43.4 Å². The van der Waals surface area contributed by atoms with E-state index >= 15 is 0 Å². The highest BCUT2D eigenvalue weighted by Gasteiger charge is 2.45. The molecule has 9 nitrogen and oxygen atoms in total. The summed E-state index contributed by atoms with van der Waals surface area (Å²) in [6.07, 6.45) is -0.136. The topological polar surface area (TPSA) is 101 Å². The number of benzene rings is 3. The van der Waals surface area contributed by atoms with Crippen molar-refractivity contribution in [2.45, 2.75) is 32.0 Å². The lowest BCUT2D eigenvalue weighted by Gasteiger charge is -2.38. The first kappa shape index (κ1) is 29.5. The van der Waals surface area contributed by atoms with Crippen LogP contribution in [0.1, 0.15) is 42.6 Å². The smallest absolute Gasteiger partial charge is 0.326 e. The Bertz CT molecular complexity index is 1470. The van der Waals surface area contributed by atoms with Gasteiger partial charge in [0.05, 0.1) is 24.8 Å². The monoisotopic (exact) mass is 609 g/mol. The minimum Gasteiger partial charge on any atom is -0.497 e. The van der Waals surface area contributed by atoms with Gasteiger partial charge in [-0.25, -0.2) is 9.59 Å². The lowest BCUT2D eigenvalue weighted by atomic mass is 9.93. The molecule has 2 N–H and O–H groups in total. The Morgan fingerprint density at radius 1 is 0.881 bits per heavy atom. The fourth-order valence-electron chi connectivity index (χ4n) is 5.29. The lowest BCUT2D eigenvalue weighted by molar-refractivity contribution is 0.128. The van der Waals surface area contributed by atoms with E-state index in [0.717, 1.165) is 11.1 Å². The molecule has 0 bridgehead atoms. The van der Waals surface area contributed by atoms with Gasteiger partial charge in [0.25, 0.3) is 0 Å². The Hall–Kier alpha value is -3.95. The van der Waals surface area contributed by atoms with Crippen molar-refractivity contribution < 1.29 is 19.1 Å². The molecule has 11 heteroatoms. The molecule has 2 unspecified atom stereocenters. The summed E-state index contributed by atoms with van der Waals surface area (Å²) < 4.78 is 11.7. The molecular weight excluding hydrogens is 577 g/mol. The third-order valence-electron chi connectivity index (χ3n) is 7.35. The van der Waals surface area contributed by atoms with Crippen molar-refractivity contribution in [2.24, 2.45) is 10.7 Å². The van der Waals surface area contributed by atoms with E-state index < -0.39 is 18.1 Å². The molecule has 0 saturated carbocycles. The number of piperazine rings is 1. The van der Waals surface area contributed by atoms with Gasteiger partial charge >= 0.3 is 12.1 Å². The van der Waals surface area contributed by atoms with Gasteiger partial charge < -0.3 is 25.0 Å². The number of nitrogens with zero attached hydrogens (tertiary/aromatic N) is 4. The molecule has 2 aliphatic rings. The summed E-state index contributed by atoms with van der Waals surface area (Å²) >= 11 is 12.5. The van der Waals surface area contributed by atoms with Crippen molar-refractivity contribution in [1.29, 1.82) is 0 Å². The van der Waals surface area contributed by atoms with Crippen LogP contribution in [0.5, 0.6) is 11.5 Å². The van der Waals surface area contributed by atoms with Crippen LogP contribution < -0.4 is 15.2 Å². The van der Waals surface area contributed by atoms with Gasteiger partial charge in [0.15, 0.2) is 0 Å². The zero-order valence-electron chi connectivity index (χ0n) is 23.7. The quantitative estimate of drug-likeness (QED) is 0.362. The molecule has 0 radical (unpaired) electrons. The molecular formula is C31H33Cl2N5O4. The number of amidine groups is 1. The average molecular weight is 611 g/mol. The van der Waals surface area contributed by atoms with Crippen LogP contribution in [0.3, 0.4) is 0 Å². The molecule has 2 atom stereocenters. The van der Waals surface area contributed by atoms with Gasteiger partial charge in [0.1, 0.15) is 23.4 Å². The number of amides is 4. The molecule has 0 aromatic heterocycles. The Balaban J connectivity index is 1.66. The van der Waals surface area contributed by atoms with Gasteiger partial charge in [-0.3, -0.25) is 9.89 Å². The number of carbonyl (C=O) groups is 2. The Morgan fingerprint density at radius 2 is 1.45 bits per heavy atom. The number of carbonyl (C=O) groups excluding carboxylic acids is 2. The molecule has 0 spiro atoms. The highest BCUT2D eigenvalue weighted by atomic mass is 35.5. The van der Waals surface area contributed by atoms with Crippen LogP contribution in [-0.4, -0.2) is 72.0 Å². The number of ether oxygens (including phenoxy) is 2. The van der Waals surface area contributed by atoms with Crippen LogP contribution in [0.15, 0.2) is 71.7 Å². The number of hydrogen-bond donors (Lipinski definition) is 1. The SMILES string of the molecule is COc1ccc(C2=NC(c3ccc(Cl)cc3)C(c3ccc(Cl)cc3)N2C(=O)N2CCN(C(N)=O)CC2)c(OC(C)C)c1. The number of nitrogens with two attached hydrogens (primary N) is 1. The molecule has 4 amide bonds. The summed E-state index contributed by atoms with van der Waals surface area (Å²) in [4.78, 5) is 36.5. The van der Waals surface area contributed by atoms with Crippen LogP contribution in [0, 0.1) is 0 Å². The third kappa shape index (κ3) is 6.12. The van der Waals surface area contributed by atoms with E-state index in [9.17, 15) is 9.59 Å². The molecule has 2 aliphatic heterocycles.